The normalized spacial score (nSPS) is 23.3. The minimum Gasteiger partial charge on any atom is -0.350 e. The van der Waals surface area contributed by atoms with Crippen LogP contribution in [-0.4, -0.2) is 4.99 Å². The Kier molecular flexibility index (Phi) is 2.92. The number of nitrogens with one attached hydrogen (secondary N) is 1. The first-order chi connectivity index (χ1) is 7.56. The molecule has 1 aliphatic carbocycles. The van der Waals surface area contributed by atoms with E-state index in [-0.39, 0.29) is 0 Å². The molecule has 16 heavy (non-hydrogen) atoms. The molecule has 2 heteroatoms. The second kappa shape index (κ2) is 4.22. The zero-order valence-corrected chi connectivity index (χ0v) is 10.3. The summed E-state index contributed by atoms with van der Waals surface area (Å²) in [6, 6.07) is 0. The van der Waals surface area contributed by atoms with Gasteiger partial charge in [-0.25, -0.2) is 0 Å². The fraction of sp³-hybridized carbons (Fsp3) is 0.214. The van der Waals surface area contributed by atoms with Gasteiger partial charge >= 0.3 is 0 Å². The first-order valence-electron chi connectivity index (χ1n) is 5.31. The fourth-order valence-electron chi connectivity index (χ4n) is 1.95. The molecule has 1 heterocycles. The van der Waals surface area contributed by atoms with Crippen LogP contribution in [0.15, 0.2) is 59.4 Å². The van der Waals surface area contributed by atoms with Gasteiger partial charge in [0.15, 0.2) is 0 Å². The molecular weight excluding hydrogens is 214 g/mol. The van der Waals surface area contributed by atoms with E-state index in [0.717, 1.165) is 34.7 Å². The van der Waals surface area contributed by atoms with Crippen LogP contribution in [0, 0.1) is 0 Å². The van der Waals surface area contributed by atoms with Crippen LogP contribution in [0.5, 0.6) is 0 Å². The van der Waals surface area contributed by atoms with Crippen molar-refractivity contribution in [2.75, 3.05) is 0 Å². The Bertz CT molecular complexity index is 453. The number of thiocarbonyl (C=S) groups is 1. The van der Waals surface area contributed by atoms with Crippen molar-refractivity contribution in [2.24, 2.45) is 0 Å². The molecule has 1 saturated heterocycles. The third-order valence-electron chi connectivity index (χ3n) is 2.76. The molecule has 0 unspecified atom stereocenters. The Balaban J connectivity index is 2.21. The highest BCUT2D eigenvalue weighted by Gasteiger charge is 2.17. The summed E-state index contributed by atoms with van der Waals surface area (Å²) in [4.78, 5) is 0.807. The van der Waals surface area contributed by atoms with Gasteiger partial charge in [-0.2, -0.15) is 0 Å². The molecule has 0 bridgehead atoms. The van der Waals surface area contributed by atoms with E-state index in [2.05, 4.69) is 43.6 Å². The van der Waals surface area contributed by atoms with E-state index >= 15 is 0 Å². The van der Waals surface area contributed by atoms with Crippen LogP contribution in [0.4, 0.5) is 0 Å². The predicted octanol–water partition coefficient (Wildman–Crippen LogP) is 3.58. The lowest BCUT2D eigenvalue weighted by molar-refractivity contribution is 1.05. The van der Waals surface area contributed by atoms with Gasteiger partial charge in [0.2, 0.25) is 0 Å². The lowest BCUT2D eigenvalue weighted by atomic mass is 9.95. The second-order valence-corrected chi connectivity index (χ2v) is 4.79. The summed E-state index contributed by atoms with van der Waals surface area (Å²) in [5.74, 6) is 0. The largest absolute Gasteiger partial charge is 0.350 e. The van der Waals surface area contributed by atoms with Gasteiger partial charge in [0.1, 0.15) is 0 Å². The van der Waals surface area contributed by atoms with Crippen LogP contribution < -0.4 is 5.32 Å². The van der Waals surface area contributed by atoms with Crippen molar-refractivity contribution >= 4 is 17.2 Å². The van der Waals surface area contributed by atoms with Gasteiger partial charge in [0.05, 0.1) is 4.99 Å². The summed E-state index contributed by atoms with van der Waals surface area (Å²) in [6.45, 7) is 10.2. The molecule has 0 aromatic carbocycles. The Hall–Kier alpha value is -1.41. The maximum atomic E-state index is 5.13. The van der Waals surface area contributed by atoms with Gasteiger partial charge in [-0.15, -0.1) is 0 Å². The quantitative estimate of drug-likeness (QED) is 0.690. The van der Waals surface area contributed by atoms with E-state index in [1.807, 2.05) is 0 Å². The molecule has 0 atom stereocenters. The molecule has 1 aliphatic heterocycles. The number of piperidine rings is 1. The minimum absolute atomic E-state index is 0.736. The van der Waals surface area contributed by atoms with Gasteiger partial charge in [0.25, 0.3) is 0 Å². The van der Waals surface area contributed by atoms with E-state index in [1.165, 1.54) is 11.1 Å². The predicted molar refractivity (Wildman–Crippen MR) is 73.2 cm³/mol. The van der Waals surface area contributed by atoms with Crippen molar-refractivity contribution < 1.29 is 0 Å². The van der Waals surface area contributed by atoms with E-state index < -0.39 is 0 Å². The summed E-state index contributed by atoms with van der Waals surface area (Å²) in [5, 5.41) is 3.11. The molecule has 0 spiro atoms. The molecule has 1 nitrogen and oxygen atoms in total. The van der Waals surface area contributed by atoms with Gasteiger partial charge in [-0.05, 0) is 30.6 Å². The molecule has 0 aromatic rings. The Labute approximate surface area is 102 Å². The number of hydrogen-bond donors (Lipinski definition) is 1. The summed E-state index contributed by atoms with van der Waals surface area (Å²) >= 11 is 5.13. The molecule has 82 valence electrons. The highest BCUT2D eigenvalue weighted by Crippen LogP contribution is 2.28. The fourth-order valence-corrected chi connectivity index (χ4v) is 2.24. The van der Waals surface area contributed by atoms with Crippen LogP contribution in [0.3, 0.4) is 0 Å². The molecule has 0 radical (unpaired) electrons. The van der Waals surface area contributed by atoms with Crippen molar-refractivity contribution in [1.29, 1.82) is 0 Å². The van der Waals surface area contributed by atoms with Crippen molar-refractivity contribution in [1.82, 2.24) is 5.32 Å². The number of hydrogen-bond acceptors (Lipinski definition) is 1. The molecular formula is C14H15NS. The smallest absolute Gasteiger partial charge is 0.0841 e. The second-order valence-electron chi connectivity index (χ2n) is 4.30. The highest BCUT2D eigenvalue weighted by molar-refractivity contribution is 7.80. The molecule has 2 aliphatic rings. The van der Waals surface area contributed by atoms with Crippen LogP contribution in [0.1, 0.15) is 19.8 Å². The summed E-state index contributed by atoms with van der Waals surface area (Å²) in [6.07, 6.45) is 8.22. The van der Waals surface area contributed by atoms with Gasteiger partial charge in [0, 0.05) is 17.7 Å². The van der Waals surface area contributed by atoms with Crippen molar-refractivity contribution in [3.8, 4) is 0 Å². The lowest BCUT2D eigenvalue weighted by Gasteiger charge is -2.22. The van der Waals surface area contributed by atoms with E-state index in [0.29, 0.717) is 0 Å². The van der Waals surface area contributed by atoms with Crippen molar-refractivity contribution in [3.63, 3.8) is 0 Å². The van der Waals surface area contributed by atoms with Crippen molar-refractivity contribution in [2.45, 2.75) is 19.8 Å². The first-order valence-corrected chi connectivity index (χ1v) is 5.72. The van der Waals surface area contributed by atoms with Gasteiger partial charge in [-0.1, -0.05) is 43.1 Å². The average molecular weight is 229 g/mol. The molecule has 0 amide bonds. The van der Waals surface area contributed by atoms with Gasteiger partial charge < -0.3 is 5.32 Å². The summed E-state index contributed by atoms with van der Waals surface area (Å²) < 4.78 is 0. The number of allylic oxidation sites excluding steroid dienone is 6. The summed E-state index contributed by atoms with van der Waals surface area (Å²) in [5.41, 5.74) is 5.72. The standard InChI is InChI=1S/C14H15NS/c1-9-4-5-12(6-9)8-13-10(2)7-14(16)15-11(13)3/h4-5,8H,2-3,6-7H2,1H3,(H,15,16)/b13-8-. The molecule has 0 aromatic heterocycles. The summed E-state index contributed by atoms with van der Waals surface area (Å²) in [7, 11) is 0. The van der Waals surface area contributed by atoms with E-state index in [4.69, 9.17) is 12.2 Å². The van der Waals surface area contributed by atoms with E-state index in [1.54, 1.807) is 0 Å². The zero-order valence-electron chi connectivity index (χ0n) is 9.47. The van der Waals surface area contributed by atoms with E-state index in [9.17, 15) is 0 Å². The Morgan fingerprint density at radius 2 is 2.06 bits per heavy atom. The zero-order chi connectivity index (χ0) is 11.7. The average Bonchev–Trinajstić information content (AvgIpc) is 2.58. The SMILES string of the molecule is C=C1CC(=S)NC(=C)/C1=C\C1=CC=C(C)C1. The maximum absolute atomic E-state index is 5.13. The minimum atomic E-state index is 0.736. The maximum Gasteiger partial charge on any atom is 0.0841 e. The first kappa shape index (κ1) is 11.1. The van der Waals surface area contributed by atoms with Crippen LogP contribution >= 0.6 is 12.2 Å². The third kappa shape index (κ3) is 2.22. The van der Waals surface area contributed by atoms with Crippen LogP contribution in [-0.2, 0) is 0 Å². The van der Waals surface area contributed by atoms with Crippen LogP contribution in [0.25, 0.3) is 0 Å². The lowest BCUT2D eigenvalue weighted by Crippen LogP contribution is -2.27. The Morgan fingerprint density at radius 3 is 2.62 bits per heavy atom. The third-order valence-corrected chi connectivity index (χ3v) is 3.01. The topological polar surface area (TPSA) is 12.0 Å². The molecule has 1 fully saturated rings. The molecule has 2 rings (SSSR count). The Morgan fingerprint density at radius 1 is 1.31 bits per heavy atom. The monoisotopic (exact) mass is 229 g/mol. The molecule has 0 saturated carbocycles. The van der Waals surface area contributed by atoms with Gasteiger partial charge in [-0.3, -0.25) is 0 Å². The highest BCUT2D eigenvalue weighted by atomic mass is 32.1. The number of rotatable bonds is 1. The molecule has 1 N–H and O–H groups in total. The van der Waals surface area contributed by atoms with Crippen LogP contribution in [0.2, 0.25) is 0 Å². The van der Waals surface area contributed by atoms with Crippen molar-refractivity contribution in [3.05, 3.63) is 59.4 Å².